The number of fused-ring (bicyclic) bond motifs is 6. The standard InChI is InChI=1S/C20H15NO4/c1-11-14-7-19-18(23-10-24-19)6-13(14)4-16-15-8-20-17(22-9-25-20)5-12(15)2-3-21(11)16/h2-8,11H,9-10H2,1H3. The fourth-order valence-electron chi connectivity index (χ4n) is 3.94. The Kier molecular flexibility index (Phi) is 2.39. The lowest BCUT2D eigenvalue weighted by atomic mass is 9.89. The molecule has 0 saturated heterocycles. The maximum absolute atomic E-state index is 5.57. The number of ether oxygens (including phenoxy) is 4. The van der Waals surface area contributed by atoms with Gasteiger partial charge in [0.2, 0.25) is 13.6 Å². The summed E-state index contributed by atoms with van der Waals surface area (Å²) in [6.45, 7) is 2.78. The Morgan fingerprint density at radius 1 is 0.840 bits per heavy atom. The summed E-state index contributed by atoms with van der Waals surface area (Å²) in [5.41, 5.74) is 5.86. The smallest absolute Gasteiger partial charge is 0.231 e. The molecule has 124 valence electrons. The first-order valence-electron chi connectivity index (χ1n) is 8.34. The molecule has 0 aliphatic carbocycles. The SMILES string of the molecule is CC1c2cc3c(cc2C=C2c4cc5c(cc4C=CN21)OCO5)OCO3. The molecule has 4 aliphatic rings. The van der Waals surface area contributed by atoms with Gasteiger partial charge in [-0.25, -0.2) is 0 Å². The van der Waals surface area contributed by atoms with Crippen LogP contribution in [0.1, 0.15) is 35.2 Å². The molecule has 0 saturated carbocycles. The molecule has 0 N–H and O–H groups in total. The first-order chi connectivity index (χ1) is 12.3. The molecular weight excluding hydrogens is 318 g/mol. The van der Waals surface area contributed by atoms with Crippen molar-refractivity contribution in [1.29, 1.82) is 0 Å². The van der Waals surface area contributed by atoms with Gasteiger partial charge in [0.25, 0.3) is 0 Å². The summed E-state index contributed by atoms with van der Waals surface area (Å²) in [4.78, 5) is 2.29. The van der Waals surface area contributed by atoms with E-state index in [0.29, 0.717) is 6.79 Å². The molecule has 0 aromatic heterocycles. The van der Waals surface area contributed by atoms with Crippen molar-refractivity contribution >= 4 is 17.8 Å². The number of nitrogens with zero attached hydrogens (tertiary/aromatic N) is 1. The van der Waals surface area contributed by atoms with Gasteiger partial charge >= 0.3 is 0 Å². The van der Waals surface area contributed by atoms with Crippen LogP contribution in [-0.4, -0.2) is 18.5 Å². The second kappa shape index (κ2) is 4.51. The summed E-state index contributed by atoms with van der Waals surface area (Å²) in [5, 5.41) is 0. The van der Waals surface area contributed by atoms with Crippen molar-refractivity contribution in [3.8, 4) is 23.0 Å². The zero-order valence-corrected chi connectivity index (χ0v) is 13.6. The van der Waals surface area contributed by atoms with Gasteiger partial charge < -0.3 is 23.8 Å². The highest BCUT2D eigenvalue weighted by molar-refractivity contribution is 5.91. The fraction of sp³-hybridized carbons (Fsp3) is 0.200. The summed E-state index contributed by atoms with van der Waals surface area (Å²) >= 11 is 0. The van der Waals surface area contributed by atoms with Crippen LogP contribution in [0.2, 0.25) is 0 Å². The van der Waals surface area contributed by atoms with Crippen molar-refractivity contribution < 1.29 is 18.9 Å². The Bertz CT molecular complexity index is 992. The van der Waals surface area contributed by atoms with Crippen LogP contribution in [-0.2, 0) is 0 Å². The lowest BCUT2D eigenvalue weighted by Gasteiger charge is -2.38. The lowest BCUT2D eigenvalue weighted by molar-refractivity contribution is 0.173. The van der Waals surface area contributed by atoms with Crippen molar-refractivity contribution in [3.05, 3.63) is 52.7 Å². The van der Waals surface area contributed by atoms with Gasteiger partial charge in [0.1, 0.15) is 0 Å². The molecule has 4 aliphatic heterocycles. The third-order valence-corrected chi connectivity index (χ3v) is 5.25. The van der Waals surface area contributed by atoms with E-state index in [-0.39, 0.29) is 12.8 Å². The van der Waals surface area contributed by atoms with Crippen LogP contribution < -0.4 is 18.9 Å². The fourth-order valence-corrected chi connectivity index (χ4v) is 3.94. The molecule has 0 amide bonds. The van der Waals surface area contributed by atoms with Crippen LogP contribution in [0.5, 0.6) is 23.0 Å². The Morgan fingerprint density at radius 3 is 2.24 bits per heavy atom. The Labute approximate surface area is 144 Å². The number of hydrogen-bond donors (Lipinski definition) is 0. The summed E-state index contributed by atoms with van der Waals surface area (Å²) < 4.78 is 22.2. The van der Waals surface area contributed by atoms with E-state index < -0.39 is 0 Å². The predicted molar refractivity (Wildman–Crippen MR) is 92.3 cm³/mol. The minimum absolute atomic E-state index is 0.208. The van der Waals surface area contributed by atoms with Crippen molar-refractivity contribution in [2.24, 2.45) is 0 Å². The normalized spacial score (nSPS) is 20.8. The van der Waals surface area contributed by atoms with E-state index in [4.69, 9.17) is 18.9 Å². The molecule has 5 nitrogen and oxygen atoms in total. The van der Waals surface area contributed by atoms with Gasteiger partial charge in [0.15, 0.2) is 23.0 Å². The molecule has 2 aromatic rings. The molecule has 1 unspecified atom stereocenters. The van der Waals surface area contributed by atoms with Gasteiger partial charge in [-0.1, -0.05) is 0 Å². The average Bonchev–Trinajstić information content (AvgIpc) is 3.26. The summed E-state index contributed by atoms with van der Waals surface area (Å²) in [6, 6.07) is 8.50. The van der Waals surface area contributed by atoms with Crippen LogP contribution in [0.4, 0.5) is 0 Å². The molecule has 0 spiro atoms. The molecule has 2 aromatic carbocycles. The highest BCUT2D eigenvalue weighted by atomic mass is 16.7. The van der Waals surface area contributed by atoms with Crippen LogP contribution >= 0.6 is 0 Å². The van der Waals surface area contributed by atoms with Crippen molar-refractivity contribution in [2.75, 3.05) is 13.6 Å². The monoisotopic (exact) mass is 333 g/mol. The van der Waals surface area contributed by atoms with Gasteiger partial charge in [-0.3, -0.25) is 0 Å². The third kappa shape index (κ3) is 1.72. The van der Waals surface area contributed by atoms with Gasteiger partial charge in [-0.05, 0) is 60.0 Å². The Morgan fingerprint density at radius 2 is 1.48 bits per heavy atom. The number of benzene rings is 2. The maximum atomic E-state index is 5.57. The molecular formula is C20H15NO4. The third-order valence-electron chi connectivity index (χ3n) is 5.25. The quantitative estimate of drug-likeness (QED) is 0.729. The van der Waals surface area contributed by atoms with E-state index in [2.05, 4.69) is 48.4 Å². The predicted octanol–water partition coefficient (Wildman–Crippen LogP) is 4.00. The first-order valence-corrected chi connectivity index (χ1v) is 8.34. The zero-order valence-electron chi connectivity index (χ0n) is 13.6. The Hall–Kier alpha value is -3.08. The first kappa shape index (κ1) is 13.2. The van der Waals surface area contributed by atoms with E-state index >= 15 is 0 Å². The van der Waals surface area contributed by atoms with Crippen molar-refractivity contribution in [3.63, 3.8) is 0 Å². The molecule has 6 rings (SSSR count). The Balaban J connectivity index is 1.57. The second-order valence-electron chi connectivity index (χ2n) is 6.56. The molecule has 0 radical (unpaired) electrons. The summed E-state index contributed by atoms with van der Waals surface area (Å²) in [5.74, 6) is 3.25. The zero-order chi connectivity index (χ0) is 16.5. The molecule has 5 heteroatoms. The largest absolute Gasteiger partial charge is 0.454 e. The van der Waals surface area contributed by atoms with Crippen LogP contribution in [0.3, 0.4) is 0 Å². The topological polar surface area (TPSA) is 40.2 Å². The summed E-state index contributed by atoms with van der Waals surface area (Å²) in [6.07, 6.45) is 6.47. The molecule has 4 heterocycles. The van der Waals surface area contributed by atoms with Crippen LogP contribution in [0.25, 0.3) is 17.8 Å². The molecule has 1 atom stereocenters. The second-order valence-corrected chi connectivity index (χ2v) is 6.56. The van der Waals surface area contributed by atoms with Crippen molar-refractivity contribution in [1.82, 2.24) is 4.90 Å². The van der Waals surface area contributed by atoms with E-state index in [1.807, 2.05) is 6.07 Å². The highest BCUT2D eigenvalue weighted by Gasteiger charge is 2.31. The van der Waals surface area contributed by atoms with Crippen molar-refractivity contribution in [2.45, 2.75) is 13.0 Å². The van der Waals surface area contributed by atoms with Crippen LogP contribution in [0, 0.1) is 0 Å². The van der Waals surface area contributed by atoms with Gasteiger partial charge in [-0.15, -0.1) is 0 Å². The van der Waals surface area contributed by atoms with Gasteiger partial charge in [0, 0.05) is 17.5 Å². The maximum Gasteiger partial charge on any atom is 0.231 e. The van der Waals surface area contributed by atoms with E-state index in [1.165, 1.54) is 11.1 Å². The van der Waals surface area contributed by atoms with E-state index in [1.54, 1.807) is 0 Å². The van der Waals surface area contributed by atoms with E-state index in [9.17, 15) is 0 Å². The van der Waals surface area contributed by atoms with Crippen LogP contribution in [0.15, 0.2) is 30.5 Å². The van der Waals surface area contributed by atoms with Gasteiger partial charge in [0.05, 0.1) is 6.04 Å². The minimum Gasteiger partial charge on any atom is -0.454 e. The van der Waals surface area contributed by atoms with Gasteiger partial charge in [-0.2, -0.15) is 0 Å². The highest BCUT2D eigenvalue weighted by Crippen LogP contribution is 2.48. The molecule has 0 bridgehead atoms. The lowest BCUT2D eigenvalue weighted by Crippen LogP contribution is -2.26. The number of hydrogen-bond acceptors (Lipinski definition) is 5. The number of rotatable bonds is 0. The molecule has 0 fully saturated rings. The molecule has 25 heavy (non-hydrogen) atoms. The minimum atomic E-state index is 0.208. The van der Waals surface area contributed by atoms with E-state index in [0.717, 1.165) is 39.8 Å². The average molecular weight is 333 g/mol. The summed E-state index contributed by atoms with van der Waals surface area (Å²) in [7, 11) is 0.